The van der Waals surface area contributed by atoms with Crippen LogP contribution in [0.25, 0.3) is 11.1 Å². The minimum atomic E-state index is 0.0370. The number of ether oxygens (including phenoxy) is 1. The molecule has 0 radical (unpaired) electrons. The highest BCUT2D eigenvalue weighted by Gasteiger charge is 2.05. The Labute approximate surface area is 199 Å². The van der Waals surface area contributed by atoms with Crippen LogP contribution in [0.5, 0.6) is 5.75 Å². The van der Waals surface area contributed by atoms with Crippen molar-refractivity contribution in [1.29, 1.82) is 0 Å². The van der Waals surface area contributed by atoms with Gasteiger partial charge in [-0.1, -0.05) is 61.2 Å². The summed E-state index contributed by atoms with van der Waals surface area (Å²) >= 11 is 0. The first kappa shape index (κ1) is 24.3. The molecular weight excluding hydrogens is 404 g/mol. The van der Waals surface area contributed by atoms with E-state index in [4.69, 9.17) is 4.74 Å². The first-order valence-electron chi connectivity index (χ1n) is 11.5. The van der Waals surface area contributed by atoms with Gasteiger partial charge in [0.15, 0.2) is 0 Å². The summed E-state index contributed by atoms with van der Waals surface area (Å²) in [7, 11) is 0. The maximum atomic E-state index is 6.12. The zero-order valence-corrected chi connectivity index (χ0v) is 20.2. The molecule has 170 valence electrons. The average Bonchev–Trinajstić information content (AvgIpc) is 2.82. The van der Waals surface area contributed by atoms with Gasteiger partial charge in [-0.2, -0.15) is 0 Å². The number of aromatic nitrogens is 1. The zero-order valence-electron chi connectivity index (χ0n) is 20.2. The number of benzene rings is 2. The molecule has 3 rings (SSSR count). The van der Waals surface area contributed by atoms with Gasteiger partial charge in [0.25, 0.3) is 0 Å². The van der Waals surface area contributed by atoms with E-state index in [9.17, 15) is 0 Å². The van der Waals surface area contributed by atoms with Crippen molar-refractivity contribution in [2.24, 2.45) is 5.41 Å². The third kappa shape index (κ3) is 8.60. The fraction of sp³-hybridized carbons (Fsp3) is 0.300. The Morgan fingerprint density at radius 2 is 1.76 bits per heavy atom. The van der Waals surface area contributed by atoms with Crippen molar-refractivity contribution in [2.45, 2.75) is 40.8 Å². The van der Waals surface area contributed by atoms with E-state index in [1.807, 2.05) is 24.4 Å². The predicted octanol–water partition coefficient (Wildman–Crippen LogP) is 6.76. The number of pyridine rings is 1. The first-order chi connectivity index (χ1) is 15.9. The van der Waals surface area contributed by atoms with Crippen molar-refractivity contribution in [3.05, 3.63) is 96.3 Å². The molecule has 33 heavy (non-hydrogen) atoms. The van der Waals surface area contributed by atoms with Crippen molar-refractivity contribution in [1.82, 2.24) is 9.88 Å². The predicted molar refractivity (Wildman–Crippen MR) is 138 cm³/mol. The van der Waals surface area contributed by atoms with Crippen LogP contribution in [-0.4, -0.2) is 23.0 Å². The molecule has 3 heteroatoms. The number of rotatable bonds is 9. The van der Waals surface area contributed by atoms with Gasteiger partial charge in [-0.25, -0.2) is 0 Å². The van der Waals surface area contributed by atoms with Crippen LogP contribution in [0.3, 0.4) is 0 Å². The summed E-state index contributed by atoms with van der Waals surface area (Å²) in [5.74, 6) is 7.27. The van der Waals surface area contributed by atoms with Gasteiger partial charge in [0, 0.05) is 30.9 Å². The van der Waals surface area contributed by atoms with Crippen LogP contribution in [0.4, 0.5) is 0 Å². The molecule has 0 N–H and O–H groups in total. The topological polar surface area (TPSA) is 25.4 Å². The van der Waals surface area contributed by atoms with E-state index >= 15 is 0 Å². The molecule has 1 aromatic heterocycles. The summed E-state index contributed by atoms with van der Waals surface area (Å²) in [4.78, 5) is 6.60. The minimum Gasteiger partial charge on any atom is -0.489 e. The van der Waals surface area contributed by atoms with Crippen LogP contribution in [0, 0.1) is 17.3 Å². The molecule has 0 atom stereocenters. The van der Waals surface area contributed by atoms with E-state index < -0.39 is 0 Å². The van der Waals surface area contributed by atoms with Crippen LogP contribution in [0.15, 0.2) is 85.2 Å². The second-order valence-corrected chi connectivity index (χ2v) is 9.13. The van der Waals surface area contributed by atoms with Crippen LogP contribution in [0.2, 0.25) is 0 Å². The SMILES string of the molecule is CCN(CC=CC#CC(C)(C)C)Cc1cccc(OCc2cccc(-c3cccnc3)c2)c1. The van der Waals surface area contributed by atoms with Crippen LogP contribution < -0.4 is 4.74 Å². The fourth-order valence-electron chi connectivity index (χ4n) is 3.36. The molecule has 0 unspecified atom stereocenters. The molecule has 2 aromatic carbocycles. The van der Waals surface area contributed by atoms with Crippen molar-refractivity contribution in [2.75, 3.05) is 13.1 Å². The second kappa shape index (κ2) is 12.0. The second-order valence-electron chi connectivity index (χ2n) is 9.13. The highest BCUT2D eigenvalue weighted by Crippen LogP contribution is 2.21. The normalized spacial score (nSPS) is 11.4. The Morgan fingerprint density at radius 3 is 2.52 bits per heavy atom. The van der Waals surface area contributed by atoms with Gasteiger partial charge >= 0.3 is 0 Å². The molecule has 0 saturated heterocycles. The van der Waals surface area contributed by atoms with Crippen LogP contribution in [0.1, 0.15) is 38.8 Å². The van der Waals surface area contributed by atoms with E-state index in [0.29, 0.717) is 6.61 Å². The smallest absolute Gasteiger partial charge is 0.120 e. The third-order valence-electron chi connectivity index (χ3n) is 5.09. The summed E-state index contributed by atoms with van der Waals surface area (Å²) in [5.41, 5.74) is 4.68. The third-order valence-corrected chi connectivity index (χ3v) is 5.09. The molecule has 0 aliphatic heterocycles. The molecule has 3 nitrogen and oxygen atoms in total. The van der Waals surface area contributed by atoms with Gasteiger partial charge in [0.2, 0.25) is 0 Å². The van der Waals surface area contributed by atoms with Crippen molar-refractivity contribution >= 4 is 0 Å². The Morgan fingerprint density at radius 1 is 0.970 bits per heavy atom. The lowest BCUT2D eigenvalue weighted by molar-refractivity contribution is 0.299. The maximum Gasteiger partial charge on any atom is 0.120 e. The maximum absolute atomic E-state index is 6.12. The standard InChI is InChI=1S/C30H34N2O/c1-5-32(19-8-6-7-17-30(2,3)4)23-25-12-10-16-29(21-25)33-24-26-13-9-14-27(20-26)28-15-11-18-31-22-28/h6,8-16,18,20-22H,5,19,23-24H2,1-4H3. The minimum absolute atomic E-state index is 0.0370. The summed E-state index contributed by atoms with van der Waals surface area (Å²) < 4.78 is 6.12. The number of nitrogens with zero attached hydrogens (tertiary/aromatic N) is 2. The first-order valence-corrected chi connectivity index (χ1v) is 11.5. The molecule has 0 amide bonds. The lowest BCUT2D eigenvalue weighted by Crippen LogP contribution is -2.22. The zero-order chi connectivity index (χ0) is 23.5. The molecule has 0 saturated carbocycles. The van der Waals surface area contributed by atoms with Crippen molar-refractivity contribution < 1.29 is 4.74 Å². The quantitative estimate of drug-likeness (QED) is 0.345. The Bertz CT molecular complexity index is 1100. The molecule has 1 heterocycles. The fourth-order valence-corrected chi connectivity index (χ4v) is 3.36. The summed E-state index contributed by atoms with van der Waals surface area (Å²) in [5, 5.41) is 0. The highest BCUT2D eigenvalue weighted by molar-refractivity contribution is 5.62. The number of hydrogen-bond donors (Lipinski definition) is 0. The van der Waals surface area contributed by atoms with Gasteiger partial charge in [-0.15, -0.1) is 0 Å². The lowest BCUT2D eigenvalue weighted by Gasteiger charge is -2.19. The van der Waals surface area contributed by atoms with Gasteiger partial charge in [0.1, 0.15) is 12.4 Å². The van der Waals surface area contributed by atoms with Crippen molar-refractivity contribution in [3.63, 3.8) is 0 Å². The highest BCUT2D eigenvalue weighted by atomic mass is 16.5. The molecule has 0 fully saturated rings. The van der Waals surface area contributed by atoms with Gasteiger partial charge in [-0.3, -0.25) is 9.88 Å². The monoisotopic (exact) mass is 438 g/mol. The summed E-state index contributed by atoms with van der Waals surface area (Å²) in [6.07, 6.45) is 7.78. The van der Waals surface area contributed by atoms with Gasteiger partial charge in [-0.05, 0) is 79.9 Å². The largest absolute Gasteiger partial charge is 0.489 e. The Kier molecular flexibility index (Phi) is 8.87. The van der Waals surface area contributed by atoms with Crippen molar-refractivity contribution in [3.8, 4) is 28.7 Å². The average molecular weight is 439 g/mol. The molecule has 0 aliphatic rings. The summed E-state index contributed by atoms with van der Waals surface area (Å²) in [6.45, 7) is 11.8. The van der Waals surface area contributed by atoms with E-state index in [2.05, 4.69) is 104 Å². The molecular formula is C30H34N2O. The molecule has 0 spiro atoms. The number of hydrogen-bond acceptors (Lipinski definition) is 3. The van der Waals surface area contributed by atoms with Gasteiger partial charge < -0.3 is 4.74 Å². The summed E-state index contributed by atoms with van der Waals surface area (Å²) in [6, 6.07) is 20.8. The van der Waals surface area contributed by atoms with Gasteiger partial charge in [0.05, 0.1) is 0 Å². The lowest BCUT2D eigenvalue weighted by atomic mass is 9.98. The van der Waals surface area contributed by atoms with E-state index in [1.165, 1.54) is 5.56 Å². The Balaban J connectivity index is 1.57. The molecule has 0 aliphatic carbocycles. The van der Waals surface area contributed by atoms with Crippen LogP contribution in [-0.2, 0) is 13.2 Å². The van der Waals surface area contributed by atoms with Crippen LogP contribution >= 0.6 is 0 Å². The number of likely N-dealkylation sites (N-methyl/N-ethyl adjacent to an activating group) is 1. The van der Waals surface area contributed by atoms with E-state index in [1.54, 1.807) is 6.20 Å². The Hall–Kier alpha value is -3.35. The number of allylic oxidation sites excluding steroid dienone is 1. The van der Waals surface area contributed by atoms with E-state index in [0.717, 1.165) is 42.1 Å². The molecule has 0 bridgehead atoms. The molecule has 3 aromatic rings. The van der Waals surface area contributed by atoms with E-state index in [-0.39, 0.29) is 5.41 Å².